The number of benzene rings is 2. The van der Waals surface area contributed by atoms with E-state index in [0.717, 1.165) is 4.31 Å². The highest BCUT2D eigenvalue weighted by atomic mass is 32.2. The zero-order chi connectivity index (χ0) is 19.5. The van der Waals surface area contributed by atoms with Crippen LogP contribution in [0.5, 0.6) is 0 Å². The molecule has 0 fully saturated rings. The monoisotopic (exact) mass is 379 g/mol. The summed E-state index contributed by atoms with van der Waals surface area (Å²) < 4.78 is 26.4. The fraction of sp³-hybridized carbons (Fsp3) is 0.250. The van der Waals surface area contributed by atoms with Crippen molar-refractivity contribution in [2.75, 3.05) is 7.05 Å². The van der Waals surface area contributed by atoms with Crippen LogP contribution in [0.4, 0.5) is 11.4 Å². The minimum Gasteiger partial charge on any atom is -0.258 e. The average Bonchev–Trinajstić information content (AvgIpc) is 2.60. The fourth-order valence-electron chi connectivity index (χ4n) is 2.38. The van der Waals surface area contributed by atoms with Gasteiger partial charge in [0.25, 0.3) is 11.4 Å². The highest BCUT2D eigenvalue weighted by Gasteiger charge is 2.25. The zero-order valence-electron chi connectivity index (χ0n) is 14.1. The van der Waals surface area contributed by atoms with Gasteiger partial charge >= 0.3 is 0 Å². The Kier molecular flexibility index (Phi) is 5.68. The number of hydrogen-bond acceptors (Lipinski definition) is 6. The van der Waals surface area contributed by atoms with E-state index >= 15 is 0 Å². The Morgan fingerprint density at radius 1 is 1.00 bits per heavy atom. The molecule has 1 atom stereocenters. The molecule has 0 aliphatic heterocycles. The molecule has 0 heterocycles. The first-order valence-electron chi connectivity index (χ1n) is 7.55. The quantitative estimate of drug-likeness (QED) is 0.538. The van der Waals surface area contributed by atoms with Crippen LogP contribution in [0.25, 0.3) is 0 Å². The molecule has 0 N–H and O–H groups in total. The lowest BCUT2D eigenvalue weighted by Crippen LogP contribution is -2.30. The number of nitrogens with zero attached hydrogens (tertiary/aromatic N) is 3. The molecule has 0 aliphatic rings. The molecule has 138 valence electrons. The van der Waals surface area contributed by atoms with Gasteiger partial charge in [-0.3, -0.25) is 20.2 Å². The van der Waals surface area contributed by atoms with Crippen molar-refractivity contribution in [2.45, 2.75) is 18.7 Å². The summed E-state index contributed by atoms with van der Waals surface area (Å²) >= 11 is 0. The summed E-state index contributed by atoms with van der Waals surface area (Å²) in [6.07, 6.45) is 0. The highest BCUT2D eigenvalue weighted by molar-refractivity contribution is 7.88. The summed E-state index contributed by atoms with van der Waals surface area (Å²) in [5.41, 5.74) is 0.669. The van der Waals surface area contributed by atoms with Gasteiger partial charge in [0, 0.05) is 37.4 Å². The van der Waals surface area contributed by atoms with E-state index in [2.05, 4.69) is 0 Å². The standard InChI is InChI=1S/C16H17N3O6S/c1-12(14-4-3-5-16(10-14)19(22)23)17(2)26(24,25)11-13-6-8-15(9-7-13)18(20)21/h3-10,12H,11H2,1-2H3. The Morgan fingerprint density at radius 3 is 2.12 bits per heavy atom. The van der Waals surface area contributed by atoms with Crippen molar-refractivity contribution in [3.8, 4) is 0 Å². The molecule has 1 unspecified atom stereocenters. The molecule has 0 amide bonds. The number of nitro benzene ring substituents is 2. The smallest absolute Gasteiger partial charge is 0.258 e. The maximum atomic E-state index is 12.6. The third-order valence-electron chi connectivity index (χ3n) is 4.04. The van der Waals surface area contributed by atoms with Gasteiger partial charge in [-0.05, 0) is 18.1 Å². The van der Waals surface area contributed by atoms with Gasteiger partial charge in [-0.1, -0.05) is 24.3 Å². The average molecular weight is 379 g/mol. The van der Waals surface area contributed by atoms with Gasteiger partial charge < -0.3 is 0 Å². The SMILES string of the molecule is CC(c1cccc([N+](=O)[O-])c1)N(C)S(=O)(=O)Cc1ccc([N+](=O)[O-])cc1. The van der Waals surface area contributed by atoms with E-state index in [1.165, 1.54) is 49.5 Å². The van der Waals surface area contributed by atoms with Crippen LogP contribution in [-0.2, 0) is 15.8 Å². The second-order valence-corrected chi connectivity index (χ2v) is 7.75. The second-order valence-electron chi connectivity index (χ2n) is 5.72. The zero-order valence-corrected chi connectivity index (χ0v) is 14.9. The van der Waals surface area contributed by atoms with Gasteiger partial charge in [0.15, 0.2) is 0 Å². The van der Waals surface area contributed by atoms with Crippen LogP contribution in [0.3, 0.4) is 0 Å². The Morgan fingerprint density at radius 2 is 1.58 bits per heavy atom. The molecule has 0 radical (unpaired) electrons. The molecule has 0 saturated carbocycles. The predicted octanol–water partition coefficient (Wildman–Crippen LogP) is 3.03. The van der Waals surface area contributed by atoms with Crippen molar-refractivity contribution in [3.63, 3.8) is 0 Å². The summed E-state index contributed by atoms with van der Waals surface area (Å²) in [7, 11) is -2.34. The molecular weight excluding hydrogens is 362 g/mol. The van der Waals surface area contributed by atoms with Crippen LogP contribution in [-0.4, -0.2) is 29.6 Å². The van der Waals surface area contributed by atoms with Gasteiger partial charge in [-0.15, -0.1) is 0 Å². The van der Waals surface area contributed by atoms with Crippen LogP contribution < -0.4 is 0 Å². The summed E-state index contributed by atoms with van der Waals surface area (Å²) in [6.45, 7) is 1.63. The van der Waals surface area contributed by atoms with Gasteiger partial charge in [-0.2, -0.15) is 4.31 Å². The molecule has 0 bridgehead atoms. The number of non-ortho nitro benzene ring substituents is 2. The molecule has 0 aromatic heterocycles. The number of nitro groups is 2. The van der Waals surface area contributed by atoms with Gasteiger partial charge in [-0.25, -0.2) is 8.42 Å². The van der Waals surface area contributed by atoms with Crippen molar-refractivity contribution in [1.29, 1.82) is 0 Å². The third-order valence-corrected chi connectivity index (χ3v) is 5.94. The Balaban J connectivity index is 2.20. The molecule has 2 rings (SSSR count). The second kappa shape index (κ2) is 7.58. The molecule has 26 heavy (non-hydrogen) atoms. The Labute approximate surface area is 150 Å². The van der Waals surface area contributed by atoms with E-state index in [-0.39, 0.29) is 17.1 Å². The summed E-state index contributed by atoms with van der Waals surface area (Å²) in [5, 5.41) is 21.5. The molecule has 10 heteroatoms. The highest BCUT2D eigenvalue weighted by Crippen LogP contribution is 2.26. The Bertz CT molecular complexity index is 927. The molecular formula is C16H17N3O6S. The van der Waals surface area contributed by atoms with Crippen molar-refractivity contribution < 1.29 is 18.3 Å². The predicted molar refractivity (Wildman–Crippen MR) is 95.0 cm³/mol. The molecule has 0 spiro atoms. The maximum absolute atomic E-state index is 12.6. The fourth-order valence-corrected chi connectivity index (χ4v) is 3.80. The molecule has 0 saturated heterocycles. The van der Waals surface area contributed by atoms with E-state index in [0.29, 0.717) is 11.1 Å². The van der Waals surface area contributed by atoms with Crippen molar-refractivity contribution in [2.24, 2.45) is 0 Å². The van der Waals surface area contributed by atoms with Crippen LogP contribution >= 0.6 is 0 Å². The van der Waals surface area contributed by atoms with E-state index < -0.39 is 25.9 Å². The van der Waals surface area contributed by atoms with Crippen molar-refractivity contribution in [3.05, 3.63) is 79.9 Å². The van der Waals surface area contributed by atoms with E-state index in [9.17, 15) is 28.6 Å². The van der Waals surface area contributed by atoms with Crippen LogP contribution in [0.2, 0.25) is 0 Å². The van der Waals surface area contributed by atoms with Crippen LogP contribution in [0.1, 0.15) is 24.1 Å². The Hall–Kier alpha value is -2.85. The molecule has 0 aliphatic carbocycles. The van der Waals surface area contributed by atoms with E-state index in [1.807, 2.05) is 0 Å². The summed E-state index contributed by atoms with van der Waals surface area (Å²) in [5.74, 6) is -0.333. The van der Waals surface area contributed by atoms with Crippen molar-refractivity contribution >= 4 is 21.4 Å². The number of rotatable bonds is 7. The lowest BCUT2D eigenvalue weighted by molar-refractivity contribution is -0.385. The van der Waals surface area contributed by atoms with Gasteiger partial charge in [0.05, 0.1) is 15.6 Å². The van der Waals surface area contributed by atoms with Gasteiger partial charge in [0.1, 0.15) is 0 Å². The van der Waals surface area contributed by atoms with Crippen LogP contribution in [0.15, 0.2) is 48.5 Å². The van der Waals surface area contributed by atoms with E-state index in [1.54, 1.807) is 13.0 Å². The topological polar surface area (TPSA) is 124 Å². The van der Waals surface area contributed by atoms with E-state index in [4.69, 9.17) is 0 Å². The minimum absolute atomic E-state index is 0.115. The van der Waals surface area contributed by atoms with Gasteiger partial charge in [0.2, 0.25) is 10.0 Å². The normalized spacial score (nSPS) is 12.7. The third kappa shape index (κ3) is 4.41. The first-order valence-corrected chi connectivity index (χ1v) is 9.16. The summed E-state index contributed by atoms with van der Waals surface area (Å²) in [4.78, 5) is 20.4. The number of sulfonamides is 1. The minimum atomic E-state index is -3.73. The van der Waals surface area contributed by atoms with Crippen molar-refractivity contribution in [1.82, 2.24) is 4.31 Å². The summed E-state index contributed by atoms with van der Waals surface area (Å²) in [6, 6.07) is 10.4. The lowest BCUT2D eigenvalue weighted by atomic mass is 10.1. The van der Waals surface area contributed by atoms with Crippen LogP contribution in [0, 0.1) is 20.2 Å². The largest absolute Gasteiger partial charge is 0.269 e. The maximum Gasteiger partial charge on any atom is 0.269 e. The molecule has 2 aromatic rings. The number of hydrogen-bond donors (Lipinski definition) is 0. The molecule has 9 nitrogen and oxygen atoms in total. The first kappa shape index (κ1) is 19.5. The molecule has 2 aromatic carbocycles. The first-order chi connectivity index (χ1) is 12.1. The lowest BCUT2D eigenvalue weighted by Gasteiger charge is -2.24.